The zero-order valence-electron chi connectivity index (χ0n) is 8.81. The zero-order chi connectivity index (χ0) is 12.3. The normalized spacial score (nSPS) is 10.2. The van der Waals surface area contributed by atoms with Crippen LogP contribution in [0.5, 0.6) is 5.75 Å². The highest BCUT2D eigenvalue weighted by atomic mass is 35.5. The van der Waals surface area contributed by atoms with Gasteiger partial charge in [0, 0.05) is 6.20 Å². The zero-order valence-corrected chi connectivity index (χ0v) is 11.2. The molecule has 2 aromatic heterocycles. The van der Waals surface area contributed by atoms with Crippen LogP contribution in [-0.4, -0.2) is 18.1 Å². The number of hydrogen-bond donors (Lipinski definition) is 0. The van der Waals surface area contributed by atoms with Crippen LogP contribution in [0.25, 0.3) is 0 Å². The fourth-order valence-electron chi connectivity index (χ4n) is 1.15. The van der Waals surface area contributed by atoms with Gasteiger partial charge < -0.3 is 9.47 Å². The van der Waals surface area contributed by atoms with Gasteiger partial charge in [0.2, 0.25) is 0 Å². The van der Waals surface area contributed by atoms with Crippen LogP contribution in [0.1, 0.15) is 14.5 Å². The smallest absolute Gasteiger partial charge is 0.351 e. The Kier molecular flexibility index (Phi) is 3.98. The van der Waals surface area contributed by atoms with Gasteiger partial charge in [0.05, 0.1) is 12.0 Å². The van der Waals surface area contributed by atoms with E-state index in [4.69, 9.17) is 16.3 Å². The van der Waals surface area contributed by atoms with Crippen molar-refractivity contribution in [3.8, 4) is 5.75 Å². The van der Waals surface area contributed by atoms with Crippen molar-refractivity contribution in [2.45, 2.75) is 6.61 Å². The van der Waals surface area contributed by atoms with Crippen LogP contribution in [0.3, 0.4) is 0 Å². The van der Waals surface area contributed by atoms with Crippen LogP contribution in [0.4, 0.5) is 0 Å². The number of rotatable bonds is 4. The molecule has 0 aromatic carbocycles. The second-order valence-corrected chi connectivity index (χ2v) is 5.59. The van der Waals surface area contributed by atoms with Crippen molar-refractivity contribution in [2.75, 3.05) is 7.11 Å². The maximum Gasteiger partial charge on any atom is 0.351 e. The van der Waals surface area contributed by atoms with Crippen LogP contribution < -0.4 is 4.74 Å². The van der Waals surface area contributed by atoms with E-state index in [0.717, 1.165) is 4.88 Å². The Morgan fingerprint density at radius 2 is 2.41 bits per heavy atom. The molecule has 0 saturated carbocycles. The largest absolute Gasteiger partial charge is 0.486 e. The molecule has 2 aromatic rings. The summed E-state index contributed by atoms with van der Waals surface area (Å²) in [5, 5.41) is 1.78. The number of thiophene rings is 1. The number of aromatic nitrogens is 1. The highest BCUT2D eigenvalue weighted by molar-refractivity contribution is 7.15. The van der Waals surface area contributed by atoms with Crippen molar-refractivity contribution in [2.24, 2.45) is 0 Å². The van der Waals surface area contributed by atoms with Crippen LogP contribution in [0, 0.1) is 0 Å². The fraction of sp³-hybridized carbons (Fsp3) is 0.200. The van der Waals surface area contributed by atoms with Crippen molar-refractivity contribution in [3.05, 3.63) is 31.9 Å². The Hall–Kier alpha value is -1.11. The predicted molar refractivity (Wildman–Crippen MR) is 67.1 cm³/mol. The lowest BCUT2D eigenvalue weighted by Crippen LogP contribution is -2.02. The number of thiazole rings is 1. The number of methoxy groups -OCH3 is 1. The third kappa shape index (κ3) is 2.96. The van der Waals surface area contributed by atoms with Gasteiger partial charge in [-0.05, 0) is 11.4 Å². The van der Waals surface area contributed by atoms with E-state index in [2.05, 4.69) is 9.72 Å². The van der Waals surface area contributed by atoms with Crippen LogP contribution in [0.15, 0.2) is 17.6 Å². The van der Waals surface area contributed by atoms with Crippen molar-refractivity contribution in [1.82, 2.24) is 4.98 Å². The molecule has 4 nitrogen and oxygen atoms in total. The lowest BCUT2D eigenvalue weighted by Gasteiger charge is -2.04. The lowest BCUT2D eigenvalue weighted by molar-refractivity contribution is 0.0601. The van der Waals surface area contributed by atoms with Crippen molar-refractivity contribution >= 4 is 40.2 Å². The molecule has 0 radical (unpaired) electrons. The van der Waals surface area contributed by atoms with E-state index in [9.17, 15) is 4.79 Å². The van der Waals surface area contributed by atoms with Crippen molar-refractivity contribution in [3.63, 3.8) is 0 Å². The summed E-state index contributed by atoms with van der Waals surface area (Å²) < 4.78 is 10.6. The molecular weight excluding hydrogens is 282 g/mol. The van der Waals surface area contributed by atoms with Gasteiger partial charge in [0.25, 0.3) is 0 Å². The Morgan fingerprint density at radius 3 is 3.06 bits per heavy atom. The second kappa shape index (κ2) is 5.48. The minimum atomic E-state index is -0.391. The van der Waals surface area contributed by atoms with Gasteiger partial charge in [0.15, 0.2) is 9.34 Å². The maximum atomic E-state index is 11.4. The molecule has 0 amide bonds. The second-order valence-electron chi connectivity index (χ2n) is 2.97. The molecule has 90 valence electrons. The summed E-state index contributed by atoms with van der Waals surface area (Å²) in [4.78, 5) is 16.7. The molecule has 17 heavy (non-hydrogen) atoms. The van der Waals surface area contributed by atoms with Gasteiger partial charge in [-0.3, -0.25) is 0 Å². The first kappa shape index (κ1) is 12.3. The molecule has 0 fully saturated rings. The SMILES string of the molecule is COC(=O)c1sccc1OCc1cnc(Cl)s1. The number of esters is 1. The number of hydrogen-bond acceptors (Lipinski definition) is 6. The summed E-state index contributed by atoms with van der Waals surface area (Å²) in [5.74, 6) is 0.128. The van der Waals surface area contributed by atoms with Crippen LogP contribution in [-0.2, 0) is 11.3 Å². The molecule has 0 bridgehead atoms. The van der Waals surface area contributed by atoms with E-state index in [1.165, 1.54) is 29.8 Å². The highest BCUT2D eigenvalue weighted by Gasteiger charge is 2.15. The van der Waals surface area contributed by atoms with E-state index < -0.39 is 5.97 Å². The molecule has 0 aliphatic heterocycles. The first-order valence-corrected chi connectivity index (χ1v) is 6.67. The van der Waals surface area contributed by atoms with Crippen molar-refractivity contribution < 1.29 is 14.3 Å². The standard InChI is InChI=1S/C10H8ClNO3S2/c1-14-9(13)8-7(2-3-16-8)15-5-6-4-12-10(11)17-6/h2-4H,5H2,1H3. The van der Waals surface area contributed by atoms with Gasteiger partial charge in [-0.1, -0.05) is 11.6 Å². The molecule has 0 N–H and O–H groups in total. The third-order valence-electron chi connectivity index (χ3n) is 1.90. The molecule has 7 heteroatoms. The average Bonchev–Trinajstić information content (AvgIpc) is 2.94. The fourth-order valence-corrected chi connectivity index (χ4v) is 2.79. The number of nitrogens with zero attached hydrogens (tertiary/aromatic N) is 1. The van der Waals surface area contributed by atoms with E-state index in [0.29, 0.717) is 21.7 Å². The molecule has 0 atom stereocenters. The van der Waals surface area contributed by atoms with Gasteiger partial charge in [-0.2, -0.15) is 0 Å². The number of halogens is 1. The Morgan fingerprint density at radius 1 is 1.59 bits per heavy atom. The monoisotopic (exact) mass is 289 g/mol. The van der Waals surface area contributed by atoms with Crippen LogP contribution >= 0.6 is 34.3 Å². The lowest BCUT2D eigenvalue weighted by atomic mass is 10.4. The molecule has 0 unspecified atom stereocenters. The molecular formula is C10H8ClNO3S2. The van der Waals surface area contributed by atoms with Gasteiger partial charge in [-0.25, -0.2) is 9.78 Å². The highest BCUT2D eigenvalue weighted by Crippen LogP contribution is 2.27. The third-order valence-corrected chi connectivity index (χ3v) is 3.86. The van der Waals surface area contributed by atoms with E-state index in [1.54, 1.807) is 17.6 Å². The quantitative estimate of drug-likeness (QED) is 0.811. The maximum absolute atomic E-state index is 11.4. The summed E-state index contributed by atoms with van der Waals surface area (Å²) in [6.45, 7) is 0.338. The molecule has 2 heterocycles. The van der Waals surface area contributed by atoms with Crippen LogP contribution in [0.2, 0.25) is 4.47 Å². The topological polar surface area (TPSA) is 48.4 Å². The van der Waals surface area contributed by atoms with E-state index in [1.807, 2.05) is 0 Å². The first-order valence-electron chi connectivity index (χ1n) is 4.59. The number of carbonyl (C=O) groups is 1. The minimum Gasteiger partial charge on any atom is -0.486 e. The molecule has 0 spiro atoms. The first-order chi connectivity index (χ1) is 8.20. The summed E-state index contributed by atoms with van der Waals surface area (Å²) >= 11 is 8.34. The van der Waals surface area contributed by atoms with Gasteiger partial charge in [0.1, 0.15) is 12.4 Å². The van der Waals surface area contributed by atoms with E-state index in [-0.39, 0.29) is 0 Å². The predicted octanol–water partition coefficient (Wildman–Crippen LogP) is 3.22. The summed E-state index contributed by atoms with van der Waals surface area (Å²) in [5.41, 5.74) is 0. The number of carbonyl (C=O) groups excluding carboxylic acids is 1. The minimum absolute atomic E-state index is 0.338. The summed E-state index contributed by atoms with van der Waals surface area (Å²) in [6, 6.07) is 1.74. The Bertz CT molecular complexity index is 523. The average molecular weight is 290 g/mol. The summed E-state index contributed by atoms with van der Waals surface area (Å²) in [6.07, 6.45) is 1.65. The summed E-state index contributed by atoms with van der Waals surface area (Å²) in [7, 11) is 1.34. The molecule has 0 aliphatic rings. The van der Waals surface area contributed by atoms with Crippen molar-refractivity contribution in [1.29, 1.82) is 0 Å². The number of ether oxygens (including phenoxy) is 2. The van der Waals surface area contributed by atoms with Gasteiger partial charge in [-0.15, -0.1) is 22.7 Å². The Balaban J connectivity index is 2.04. The molecule has 2 rings (SSSR count). The van der Waals surface area contributed by atoms with E-state index >= 15 is 0 Å². The van der Waals surface area contributed by atoms with Gasteiger partial charge >= 0.3 is 5.97 Å². The molecule has 0 aliphatic carbocycles. The molecule has 0 saturated heterocycles. The Labute approximate surface area is 111 Å².